The van der Waals surface area contributed by atoms with Gasteiger partial charge in [-0.1, -0.05) is 0 Å². The van der Waals surface area contributed by atoms with Crippen molar-refractivity contribution in [2.75, 3.05) is 0 Å². The molecule has 1 rings (SSSR count). The molecule has 0 aromatic carbocycles. The van der Waals surface area contributed by atoms with Crippen molar-refractivity contribution in [3.63, 3.8) is 0 Å². The van der Waals surface area contributed by atoms with Crippen molar-refractivity contribution in [2.45, 2.75) is 0 Å². The Morgan fingerprint density at radius 1 is 1.20 bits per heavy atom. The number of allylic oxidation sites excluding steroid dienone is 2. The van der Waals surface area contributed by atoms with Crippen molar-refractivity contribution >= 4 is 0 Å². The fraction of sp³-hybridized carbons (Fsp3) is 0. The maximum absolute atomic E-state index is 3.47. The quantitative estimate of drug-likeness (QED) is 0.383. The average Bonchev–Trinajstić information content (AvgIpc) is 1.76. The number of hydrogen-bond donors (Lipinski definition) is 0. The van der Waals surface area contributed by atoms with Crippen molar-refractivity contribution < 1.29 is 0 Å². The molecule has 0 spiro atoms. The van der Waals surface area contributed by atoms with E-state index in [0.29, 0.717) is 0 Å². The van der Waals surface area contributed by atoms with Crippen LogP contribution in [0.2, 0.25) is 0 Å². The SMILES string of the molecule is [C]1=CC=[C][N]1. The van der Waals surface area contributed by atoms with Crippen LogP contribution in [0.1, 0.15) is 0 Å². The molecule has 0 bridgehead atoms. The van der Waals surface area contributed by atoms with Gasteiger partial charge in [0.1, 0.15) is 0 Å². The van der Waals surface area contributed by atoms with Gasteiger partial charge in [-0.2, -0.15) is 0 Å². The van der Waals surface area contributed by atoms with Crippen molar-refractivity contribution in [1.82, 2.24) is 5.32 Å². The van der Waals surface area contributed by atoms with Crippen LogP contribution in [-0.2, 0) is 0 Å². The van der Waals surface area contributed by atoms with Gasteiger partial charge in [0.05, 0.1) is 12.4 Å². The third-order valence-corrected chi connectivity index (χ3v) is 0.362. The van der Waals surface area contributed by atoms with E-state index in [9.17, 15) is 0 Å². The minimum atomic E-state index is 1.71. The van der Waals surface area contributed by atoms with Crippen LogP contribution >= 0.6 is 0 Å². The zero-order valence-corrected chi connectivity index (χ0v) is 2.60. The lowest BCUT2D eigenvalue weighted by molar-refractivity contribution is 1.12. The highest BCUT2D eigenvalue weighted by Crippen LogP contribution is 1.78. The van der Waals surface area contributed by atoms with Gasteiger partial charge in [0.15, 0.2) is 0 Å². The first-order valence-electron chi connectivity index (χ1n) is 1.36. The molecule has 0 aromatic heterocycles. The summed E-state index contributed by atoms with van der Waals surface area (Å²) in [4.78, 5) is 0. The molecule has 0 N–H and O–H groups in total. The fourth-order valence-electron chi connectivity index (χ4n) is 0.186. The van der Waals surface area contributed by atoms with Gasteiger partial charge in [-0.05, 0) is 12.2 Å². The van der Waals surface area contributed by atoms with Crippen molar-refractivity contribution in [3.05, 3.63) is 24.6 Å². The highest BCUT2D eigenvalue weighted by Gasteiger charge is 1.74. The Balaban J connectivity index is 2.61. The maximum Gasteiger partial charge on any atom is 0.0895 e. The Hall–Kier alpha value is -0.720. The average molecular weight is 64.1 g/mol. The smallest absolute Gasteiger partial charge is 0.0895 e. The van der Waals surface area contributed by atoms with Crippen molar-refractivity contribution in [1.29, 1.82) is 0 Å². The topological polar surface area (TPSA) is 14.1 Å². The van der Waals surface area contributed by atoms with Gasteiger partial charge in [-0.3, -0.25) is 0 Å². The second-order valence-electron chi connectivity index (χ2n) is 0.703. The van der Waals surface area contributed by atoms with Gasteiger partial charge in [0.25, 0.3) is 0 Å². The molecule has 1 aliphatic heterocycles. The summed E-state index contributed by atoms with van der Waals surface area (Å²) in [5.74, 6) is 0. The molecular weight excluding hydrogens is 62.1 g/mol. The Kier molecular flexibility index (Phi) is 0.468. The first kappa shape index (κ1) is 2.51. The third kappa shape index (κ3) is 0.293. The van der Waals surface area contributed by atoms with E-state index in [4.69, 9.17) is 0 Å². The molecule has 0 unspecified atom stereocenters. The van der Waals surface area contributed by atoms with E-state index in [1.54, 1.807) is 12.2 Å². The molecule has 3 radical (unpaired) electrons. The predicted molar refractivity (Wildman–Crippen MR) is 17.8 cm³/mol. The highest BCUT2D eigenvalue weighted by atomic mass is 14.8. The normalized spacial score (nSPS) is 16.0. The molecule has 0 amide bonds. The molecule has 23 valence electrons. The standard InChI is InChI=1S/C4H2N/c1-2-4-5-3-1/h1-2H. The monoisotopic (exact) mass is 64.0 g/mol. The van der Waals surface area contributed by atoms with Gasteiger partial charge in [-0.15, -0.1) is 0 Å². The summed E-state index contributed by atoms with van der Waals surface area (Å²) >= 11 is 0. The van der Waals surface area contributed by atoms with Gasteiger partial charge >= 0.3 is 0 Å². The molecule has 1 aliphatic rings. The van der Waals surface area contributed by atoms with Gasteiger partial charge in [0, 0.05) is 0 Å². The molecular formula is C4H2N. The highest BCUT2D eigenvalue weighted by molar-refractivity contribution is 4.99. The van der Waals surface area contributed by atoms with Crippen molar-refractivity contribution in [2.24, 2.45) is 0 Å². The lowest BCUT2D eigenvalue weighted by Crippen LogP contribution is -1.71. The van der Waals surface area contributed by atoms with E-state index in [-0.39, 0.29) is 0 Å². The van der Waals surface area contributed by atoms with E-state index < -0.39 is 0 Å². The summed E-state index contributed by atoms with van der Waals surface area (Å²) in [5.41, 5.74) is 0. The zero-order valence-electron chi connectivity index (χ0n) is 2.60. The second kappa shape index (κ2) is 0.931. The number of hydrogen-bond acceptors (Lipinski definition) is 0. The van der Waals surface area contributed by atoms with Crippen LogP contribution < -0.4 is 5.32 Å². The summed E-state index contributed by atoms with van der Waals surface area (Å²) in [7, 11) is 0. The molecule has 1 heterocycles. The van der Waals surface area contributed by atoms with Crippen LogP contribution in [0.25, 0.3) is 0 Å². The first-order chi connectivity index (χ1) is 2.50. The summed E-state index contributed by atoms with van der Waals surface area (Å²) < 4.78 is 0. The fourth-order valence-corrected chi connectivity index (χ4v) is 0.186. The molecule has 0 saturated carbocycles. The van der Waals surface area contributed by atoms with Gasteiger partial charge in [0.2, 0.25) is 0 Å². The minimum absolute atomic E-state index is 1.71. The summed E-state index contributed by atoms with van der Waals surface area (Å²) in [6, 6.07) is 0. The van der Waals surface area contributed by atoms with Crippen LogP contribution in [0.15, 0.2) is 12.2 Å². The zero-order chi connectivity index (χ0) is 3.54. The van der Waals surface area contributed by atoms with E-state index in [2.05, 4.69) is 17.7 Å². The second-order valence-corrected chi connectivity index (χ2v) is 0.703. The van der Waals surface area contributed by atoms with E-state index in [1.165, 1.54) is 0 Å². The van der Waals surface area contributed by atoms with Crippen molar-refractivity contribution in [3.8, 4) is 0 Å². The lowest BCUT2D eigenvalue weighted by Gasteiger charge is -1.59. The van der Waals surface area contributed by atoms with Crippen LogP contribution in [0.4, 0.5) is 0 Å². The molecule has 0 fully saturated rings. The van der Waals surface area contributed by atoms with Crippen LogP contribution in [0.3, 0.4) is 0 Å². The minimum Gasteiger partial charge on any atom is -0.245 e. The summed E-state index contributed by atoms with van der Waals surface area (Å²) in [5, 5.41) is 3.47. The summed E-state index contributed by atoms with van der Waals surface area (Å²) in [6.07, 6.45) is 8.53. The maximum atomic E-state index is 3.47. The predicted octanol–water partition coefficient (Wildman–Crippen LogP) is 0.238. The Morgan fingerprint density at radius 3 is 2.00 bits per heavy atom. The molecule has 0 aliphatic carbocycles. The van der Waals surface area contributed by atoms with E-state index in [1.807, 2.05) is 0 Å². The molecule has 0 saturated heterocycles. The van der Waals surface area contributed by atoms with Gasteiger partial charge in [-0.25, -0.2) is 5.32 Å². The van der Waals surface area contributed by atoms with Crippen LogP contribution in [0.5, 0.6) is 0 Å². The molecule has 1 nitrogen and oxygen atoms in total. The number of rotatable bonds is 0. The van der Waals surface area contributed by atoms with Gasteiger partial charge < -0.3 is 0 Å². The summed E-state index contributed by atoms with van der Waals surface area (Å²) in [6.45, 7) is 0. The lowest BCUT2D eigenvalue weighted by atomic mass is 10.6. The Labute approximate surface area is 31.0 Å². The number of nitrogens with zero attached hydrogens (tertiary/aromatic N) is 1. The van der Waals surface area contributed by atoms with E-state index >= 15 is 0 Å². The molecule has 5 heavy (non-hydrogen) atoms. The van der Waals surface area contributed by atoms with Crippen LogP contribution in [-0.4, -0.2) is 0 Å². The molecule has 1 heteroatoms. The Morgan fingerprint density at radius 2 is 1.80 bits per heavy atom. The van der Waals surface area contributed by atoms with E-state index in [0.717, 1.165) is 0 Å². The third-order valence-electron chi connectivity index (χ3n) is 0.362. The first-order valence-corrected chi connectivity index (χ1v) is 1.36. The Bertz CT molecular complexity index is 61.7. The largest absolute Gasteiger partial charge is 0.245 e. The molecule has 0 atom stereocenters. The van der Waals surface area contributed by atoms with Crippen LogP contribution in [0, 0.1) is 12.4 Å². The molecule has 0 aromatic rings.